The fraction of sp³-hybridized carbons (Fsp3) is 0.263. The van der Waals surface area contributed by atoms with Crippen LogP contribution in [0.15, 0.2) is 65.8 Å². The Bertz CT molecular complexity index is 1100. The highest BCUT2D eigenvalue weighted by atomic mass is 32.2. The number of alkyl halides is 3. The maximum Gasteiger partial charge on any atom is 0.416 e. The maximum atomic E-state index is 12.9. The molecule has 0 radical (unpaired) electrons. The van der Waals surface area contributed by atoms with E-state index in [1.807, 2.05) is 0 Å². The lowest BCUT2D eigenvalue weighted by atomic mass is 10.0. The summed E-state index contributed by atoms with van der Waals surface area (Å²) in [6, 6.07) is 10.7. The summed E-state index contributed by atoms with van der Waals surface area (Å²) in [5.74, 6) is 0. The van der Waals surface area contributed by atoms with Crippen molar-refractivity contribution in [1.82, 2.24) is 19.3 Å². The molecule has 1 fully saturated rings. The molecule has 4 rings (SSSR count). The van der Waals surface area contributed by atoms with Crippen molar-refractivity contribution in [3.63, 3.8) is 0 Å². The molecule has 10 heteroatoms. The number of sulfonamides is 1. The van der Waals surface area contributed by atoms with Crippen LogP contribution in [0, 0.1) is 0 Å². The Hall–Kier alpha value is -2.72. The number of hydrogen-bond donors (Lipinski definition) is 0. The highest BCUT2D eigenvalue weighted by molar-refractivity contribution is 7.89. The Morgan fingerprint density at radius 3 is 2.31 bits per heavy atom. The standard InChI is InChI=1S/C19H17F3N4O2S/c20-19(21,22)16-3-1-2-15(12-16)14-4-6-18(7-5-14)29(27,28)25-11-8-17(13-25)26-23-9-10-24-26/h1-7,9-10,12,17H,8,11,13H2/t17-/m0/s1. The van der Waals surface area contributed by atoms with Crippen LogP contribution >= 0.6 is 0 Å². The minimum atomic E-state index is -4.44. The van der Waals surface area contributed by atoms with Gasteiger partial charge in [-0.25, -0.2) is 8.42 Å². The lowest BCUT2D eigenvalue weighted by molar-refractivity contribution is -0.137. The van der Waals surface area contributed by atoms with Crippen LogP contribution in [-0.4, -0.2) is 40.8 Å². The van der Waals surface area contributed by atoms with Gasteiger partial charge in [0.25, 0.3) is 0 Å². The molecule has 0 N–H and O–H groups in total. The average Bonchev–Trinajstić information content (AvgIpc) is 3.39. The van der Waals surface area contributed by atoms with Crippen molar-refractivity contribution >= 4 is 10.0 Å². The molecule has 0 bridgehead atoms. The Labute approximate surface area is 165 Å². The van der Waals surface area contributed by atoms with Crippen molar-refractivity contribution in [3.05, 3.63) is 66.5 Å². The van der Waals surface area contributed by atoms with Crippen molar-refractivity contribution in [1.29, 1.82) is 0 Å². The first-order valence-corrected chi connectivity index (χ1v) is 10.3. The Kier molecular flexibility index (Phi) is 4.91. The van der Waals surface area contributed by atoms with Gasteiger partial charge < -0.3 is 0 Å². The summed E-state index contributed by atoms with van der Waals surface area (Å²) < 4.78 is 65.9. The first-order valence-electron chi connectivity index (χ1n) is 8.89. The topological polar surface area (TPSA) is 68.1 Å². The van der Waals surface area contributed by atoms with Gasteiger partial charge in [-0.1, -0.05) is 24.3 Å². The van der Waals surface area contributed by atoms with Gasteiger partial charge in [-0.2, -0.15) is 32.5 Å². The molecule has 0 amide bonds. The Balaban J connectivity index is 1.55. The van der Waals surface area contributed by atoms with Gasteiger partial charge in [0.15, 0.2) is 0 Å². The quantitative estimate of drug-likeness (QED) is 0.644. The van der Waals surface area contributed by atoms with E-state index in [-0.39, 0.29) is 17.5 Å². The van der Waals surface area contributed by atoms with Gasteiger partial charge in [0.1, 0.15) is 0 Å². The molecule has 1 aromatic heterocycles. The number of nitrogens with zero attached hydrogens (tertiary/aromatic N) is 4. The van der Waals surface area contributed by atoms with E-state index in [0.717, 1.165) is 12.1 Å². The number of benzene rings is 2. The molecule has 0 unspecified atom stereocenters. The van der Waals surface area contributed by atoms with Crippen LogP contribution in [0.2, 0.25) is 0 Å². The first kappa shape index (κ1) is 19.6. The third-order valence-corrected chi connectivity index (χ3v) is 6.78. The van der Waals surface area contributed by atoms with E-state index in [2.05, 4.69) is 10.2 Å². The molecular formula is C19H17F3N4O2S. The van der Waals surface area contributed by atoms with Crippen molar-refractivity contribution in [2.75, 3.05) is 13.1 Å². The van der Waals surface area contributed by atoms with Crippen molar-refractivity contribution in [2.45, 2.75) is 23.5 Å². The second kappa shape index (κ2) is 7.27. The van der Waals surface area contributed by atoms with Gasteiger partial charge in [0.2, 0.25) is 10.0 Å². The fourth-order valence-corrected chi connectivity index (χ4v) is 4.87. The zero-order valence-electron chi connectivity index (χ0n) is 15.1. The summed E-state index contributed by atoms with van der Waals surface area (Å²) in [7, 11) is -3.71. The van der Waals surface area contributed by atoms with E-state index in [9.17, 15) is 21.6 Å². The smallest absolute Gasteiger partial charge is 0.207 e. The zero-order valence-corrected chi connectivity index (χ0v) is 15.9. The van der Waals surface area contributed by atoms with Gasteiger partial charge in [-0.05, 0) is 41.8 Å². The molecule has 29 heavy (non-hydrogen) atoms. The third kappa shape index (κ3) is 3.90. The predicted octanol–water partition coefficient (Wildman–Crippen LogP) is 3.60. The highest BCUT2D eigenvalue weighted by Gasteiger charge is 2.34. The van der Waals surface area contributed by atoms with Crippen molar-refractivity contribution < 1.29 is 21.6 Å². The predicted molar refractivity (Wildman–Crippen MR) is 99.3 cm³/mol. The Morgan fingerprint density at radius 1 is 0.966 bits per heavy atom. The van der Waals surface area contributed by atoms with Crippen molar-refractivity contribution in [2.24, 2.45) is 0 Å². The van der Waals surface area contributed by atoms with Crippen LogP contribution in [0.25, 0.3) is 11.1 Å². The second-order valence-corrected chi connectivity index (χ2v) is 8.70. The molecule has 2 heterocycles. The van der Waals surface area contributed by atoms with Crippen LogP contribution in [-0.2, 0) is 16.2 Å². The Morgan fingerprint density at radius 2 is 1.66 bits per heavy atom. The monoisotopic (exact) mass is 422 g/mol. The molecule has 1 saturated heterocycles. The van der Waals surface area contributed by atoms with Gasteiger partial charge in [-0.15, -0.1) is 0 Å². The summed E-state index contributed by atoms with van der Waals surface area (Å²) in [5, 5.41) is 8.12. The number of halogens is 3. The molecule has 152 valence electrons. The SMILES string of the molecule is O=S(=O)(c1ccc(-c2cccc(C(F)(F)F)c2)cc1)N1CC[C@H](n2nccn2)C1. The number of hydrogen-bond acceptors (Lipinski definition) is 4. The number of aromatic nitrogens is 3. The van der Waals surface area contributed by atoms with Crippen LogP contribution in [0.1, 0.15) is 18.0 Å². The zero-order chi connectivity index (χ0) is 20.6. The molecular weight excluding hydrogens is 405 g/mol. The van der Waals surface area contributed by atoms with Crippen LogP contribution in [0.4, 0.5) is 13.2 Å². The van der Waals surface area contributed by atoms with E-state index in [1.54, 1.807) is 18.5 Å². The van der Waals surface area contributed by atoms with Gasteiger partial charge in [-0.3, -0.25) is 0 Å². The van der Waals surface area contributed by atoms with E-state index >= 15 is 0 Å². The van der Waals surface area contributed by atoms with Crippen LogP contribution in [0.3, 0.4) is 0 Å². The molecule has 1 atom stereocenters. The largest absolute Gasteiger partial charge is 0.416 e. The summed E-state index contributed by atoms with van der Waals surface area (Å²) in [5.41, 5.74) is 0.131. The molecule has 0 saturated carbocycles. The number of rotatable bonds is 4. The van der Waals surface area contributed by atoms with E-state index in [4.69, 9.17) is 0 Å². The van der Waals surface area contributed by atoms with Gasteiger partial charge >= 0.3 is 6.18 Å². The minimum absolute atomic E-state index is 0.0994. The highest BCUT2D eigenvalue weighted by Crippen LogP contribution is 2.33. The van der Waals surface area contributed by atoms with Gasteiger partial charge in [0, 0.05) is 13.1 Å². The molecule has 1 aliphatic heterocycles. The summed E-state index contributed by atoms with van der Waals surface area (Å²) in [4.78, 5) is 1.61. The van der Waals surface area contributed by atoms with E-state index in [1.165, 1.54) is 39.4 Å². The summed E-state index contributed by atoms with van der Waals surface area (Å²) in [6.07, 6.45) is -0.738. The lowest BCUT2D eigenvalue weighted by Gasteiger charge is -2.17. The van der Waals surface area contributed by atoms with Crippen LogP contribution in [0.5, 0.6) is 0 Å². The molecule has 2 aromatic carbocycles. The minimum Gasteiger partial charge on any atom is -0.207 e. The first-order chi connectivity index (χ1) is 13.7. The molecule has 0 aliphatic carbocycles. The van der Waals surface area contributed by atoms with Gasteiger partial charge in [0.05, 0.1) is 28.9 Å². The summed E-state index contributed by atoms with van der Waals surface area (Å²) in [6.45, 7) is 0.621. The third-order valence-electron chi connectivity index (χ3n) is 4.90. The molecule has 3 aromatic rings. The lowest BCUT2D eigenvalue weighted by Crippen LogP contribution is -2.29. The molecule has 6 nitrogen and oxygen atoms in total. The maximum absolute atomic E-state index is 12.9. The van der Waals surface area contributed by atoms with Crippen LogP contribution < -0.4 is 0 Å². The van der Waals surface area contributed by atoms with Crippen molar-refractivity contribution in [3.8, 4) is 11.1 Å². The molecule has 0 spiro atoms. The molecule has 1 aliphatic rings. The fourth-order valence-electron chi connectivity index (χ4n) is 3.38. The average molecular weight is 422 g/mol. The summed E-state index contributed by atoms with van der Waals surface area (Å²) >= 11 is 0. The normalized spacial score (nSPS) is 18.2. The van der Waals surface area contributed by atoms with E-state index in [0.29, 0.717) is 24.1 Å². The van der Waals surface area contributed by atoms with E-state index < -0.39 is 21.8 Å². The second-order valence-electron chi connectivity index (χ2n) is 6.76.